The van der Waals surface area contributed by atoms with E-state index in [1.165, 1.54) is 11.6 Å². The maximum atomic E-state index is 12.6. The van der Waals surface area contributed by atoms with E-state index < -0.39 is 23.1 Å². The summed E-state index contributed by atoms with van der Waals surface area (Å²) in [5, 5.41) is 20.7. The average molecular weight is 541 g/mol. The topological polar surface area (TPSA) is 109 Å². The average Bonchev–Trinajstić information content (AvgIpc) is 2.96. The quantitative estimate of drug-likeness (QED) is 0.350. The van der Waals surface area contributed by atoms with E-state index in [2.05, 4.69) is 12.1 Å². The minimum absolute atomic E-state index is 0.0138. The Balaban J connectivity index is 0.000000198. The fourth-order valence-corrected chi connectivity index (χ4v) is 5.64. The lowest BCUT2D eigenvalue weighted by atomic mass is 9.72. The van der Waals surface area contributed by atoms with Crippen LogP contribution in [0.4, 0.5) is 0 Å². The number of allylic oxidation sites excluding steroid dienone is 2. The van der Waals surface area contributed by atoms with Crippen molar-refractivity contribution in [2.24, 2.45) is 5.92 Å². The number of carbonyl (C=O) groups is 4. The lowest BCUT2D eigenvalue weighted by Crippen LogP contribution is -2.29. The Kier molecular flexibility index (Phi) is 7.31. The van der Waals surface area contributed by atoms with E-state index in [1.807, 2.05) is 12.1 Å². The largest absolute Gasteiger partial charge is 0.507 e. The first-order valence-corrected chi connectivity index (χ1v) is 13.1. The summed E-state index contributed by atoms with van der Waals surface area (Å²) >= 11 is 5.96. The molecular weight excluding hydrogens is 516 g/mol. The molecule has 3 aromatic rings. The van der Waals surface area contributed by atoms with E-state index in [0.29, 0.717) is 28.2 Å². The predicted octanol–water partition coefficient (Wildman–Crippen LogP) is 6.70. The highest BCUT2D eigenvalue weighted by molar-refractivity contribution is 6.52. The molecule has 0 bridgehead atoms. The van der Waals surface area contributed by atoms with Crippen LogP contribution in [-0.4, -0.2) is 33.3 Å². The number of ketones is 4. The monoisotopic (exact) mass is 540 g/mol. The van der Waals surface area contributed by atoms with E-state index in [0.717, 1.165) is 36.8 Å². The molecule has 0 aliphatic heterocycles. The van der Waals surface area contributed by atoms with Crippen LogP contribution in [0.15, 0.2) is 84.4 Å². The lowest BCUT2D eigenvalue weighted by molar-refractivity contribution is -0.112. The Morgan fingerprint density at radius 2 is 1.10 bits per heavy atom. The molecule has 0 heterocycles. The fourth-order valence-electron chi connectivity index (χ4n) is 5.52. The molecule has 39 heavy (non-hydrogen) atoms. The number of carbonyl (C=O) groups excluding carboxylic acids is 4. The Morgan fingerprint density at radius 1 is 0.590 bits per heavy atom. The van der Waals surface area contributed by atoms with Crippen LogP contribution >= 0.6 is 11.6 Å². The second-order valence-corrected chi connectivity index (χ2v) is 10.3. The van der Waals surface area contributed by atoms with Gasteiger partial charge in [-0.2, -0.15) is 0 Å². The van der Waals surface area contributed by atoms with Crippen molar-refractivity contribution in [3.05, 3.63) is 117 Å². The second-order valence-electron chi connectivity index (χ2n) is 9.83. The number of hydrogen-bond acceptors (Lipinski definition) is 6. The van der Waals surface area contributed by atoms with Gasteiger partial charge in [0.1, 0.15) is 11.5 Å². The molecule has 0 radical (unpaired) electrons. The Labute approximate surface area is 230 Å². The highest BCUT2D eigenvalue weighted by Gasteiger charge is 2.38. The number of aliphatic hydroxyl groups excluding tert-OH is 2. The normalized spacial score (nSPS) is 20.5. The molecule has 0 amide bonds. The molecule has 2 N–H and O–H groups in total. The van der Waals surface area contributed by atoms with Crippen molar-refractivity contribution in [1.29, 1.82) is 0 Å². The van der Waals surface area contributed by atoms with Gasteiger partial charge in [-0.15, -0.1) is 0 Å². The highest BCUT2D eigenvalue weighted by atomic mass is 35.5. The summed E-state index contributed by atoms with van der Waals surface area (Å²) < 4.78 is 0. The summed E-state index contributed by atoms with van der Waals surface area (Å²) in [6, 6.07) is 21.2. The van der Waals surface area contributed by atoms with E-state index in [1.54, 1.807) is 42.5 Å². The SMILES string of the molecule is O=C1C(=O)c2ccccc2C(O)=C1C1CCC(c2ccc(Cl)cc2)CC1.O=C1C=C(O)c2ccccc2C1=O. The van der Waals surface area contributed by atoms with Gasteiger partial charge in [-0.05, 0) is 55.2 Å². The predicted molar refractivity (Wildman–Crippen MR) is 148 cm³/mol. The van der Waals surface area contributed by atoms with Crippen LogP contribution in [0.2, 0.25) is 5.02 Å². The van der Waals surface area contributed by atoms with E-state index in [9.17, 15) is 29.4 Å². The molecule has 1 fully saturated rings. The molecule has 3 aliphatic rings. The standard InChI is InChI=1S/C22H19ClO3.C10H6O3/c23-16-11-9-14(10-12-16)13-5-7-15(8-6-13)19-20(24)17-3-1-2-4-18(17)21(25)22(19)26;11-8-5-9(12)10(13)7-4-2-1-3-6(7)8/h1-4,9-13,15,24H,5-8H2;1-5,11H. The molecule has 0 saturated heterocycles. The third kappa shape index (κ3) is 5.08. The summed E-state index contributed by atoms with van der Waals surface area (Å²) in [5.41, 5.74) is 3.03. The van der Waals surface area contributed by atoms with Crippen molar-refractivity contribution < 1.29 is 29.4 Å². The van der Waals surface area contributed by atoms with Gasteiger partial charge >= 0.3 is 0 Å². The molecule has 0 unspecified atom stereocenters. The fraction of sp³-hybridized carbons (Fsp3) is 0.188. The van der Waals surface area contributed by atoms with Crippen LogP contribution in [0.5, 0.6) is 0 Å². The summed E-state index contributed by atoms with van der Waals surface area (Å²) in [6.07, 6.45) is 4.37. The van der Waals surface area contributed by atoms with Crippen LogP contribution in [0.1, 0.15) is 69.0 Å². The molecule has 1 saturated carbocycles. The lowest BCUT2D eigenvalue weighted by Gasteiger charge is -2.31. The third-order valence-electron chi connectivity index (χ3n) is 7.55. The Bertz CT molecular complexity index is 1560. The van der Waals surface area contributed by atoms with Crippen LogP contribution < -0.4 is 0 Å². The first-order valence-electron chi connectivity index (χ1n) is 12.7. The zero-order chi connectivity index (χ0) is 27.7. The number of fused-ring (bicyclic) bond motifs is 2. The summed E-state index contributed by atoms with van der Waals surface area (Å²) in [6.45, 7) is 0. The van der Waals surface area contributed by atoms with Gasteiger partial charge in [-0.1, -0.05) is 72.3 Å². The van der Waals surface area contributed by atoms with Gasteiger partial charge in [-0.3, -0.25) is 19.2 Å². The van der Waals surface area contributed by atoms with Crippen molar-refractivity contribution in [1.82, 2.24) is 0 Å². The zero-order valence-electron chi connectivity index (χ0n) is 20.9. The number of hydrogen-bond donors (Lipinski definition) is 2. The van der Waals surface area contributed by atoms with Crippen LogP contribution in [0.3, 0.4) is 0 Å². The minimum atomic E-state index is -0.670. The van der Waals surface area contributed by atoms with Crippen molar-refractivity contribution in [2.45, 2.75) is 31.6 Å². The van der Waals surface area contributed by atoms with E-state index >= 15 is 0 Å². The van der Waals surface area contributed by atoms with Crippen molar-refractivity contribution in [3.63, 3.8) is 0 Å². The number of aliphatic hydroxyl groups is 2. The van der Waals surface area contributed by atoms with E-state index in [4.69, 9.17) is 11.6 Å². The number of benzene rings is 3. The number of rotatable bonds is 2. The maximum absolute atomic E-state index is 12.6. The number of halogens is 1. The van der Waals surface area contributed by atoms with Crippen molar-refractivity contribution >= 4 is 46.3 Å². The van der Waals surface area contributed by atoms with Gasteiger partial charge in [-0.25, -0.2) is 0 Å². The smallest absolute Gasteiger partial charge is 0.234 e. The molecule has 3 aliphatic carbocycles. The van der Waals surface area contributed by atoms with Crippen molar-refractivity contribution in [2.75, 3.05) is 0 Å². The highest BCUT2D eigenvalue weighted by Crippen LogP contribution is 2.42. The minimum Gasteiger partial charge on any atom is -0.507 e. The molecule has 0 aromatic heterocycles. The molecule has 196 valence electrons. The molecule has 3 aromatic carbocycles. The first-order chi connectivity index (χ1) is 18.8. The van der Waals surface area contributed by atoms with Crippen molar-refractivity contribution in [3.8, 4) is 0 Å². The summed E-state index contributed by atoms with van der Waals surface area (Å²) in [7, 11) is 0. The number of Topliss-reactive ketones (excluding diaryl/α,β-unsaturated/α-hetero) is 3. The third-order valence-corrected chi connectivity index (χ3v) is 7.80. The maximum Gasteiger partial charge on any atom is 0.234 e. The Morgan fingerprint density at radius 3 is 1.72 bits per heavy atom. The van der Waals surface area contributed by atoms with Gasteiger partial charge in [0.2, 0.25) is 23.1 Å². The summed E-state index contributed by atoms with van der Waals surface area (Å²) in [4.78, 5) is 47.3. The Hall–Kier alpha value is -4.29. The van der Waals surface area contributed by atoms with Gasteiger partial charge < -0.3 is 10.2 Å². The molecule has 6 nitrogen and oxygen atoms in total. The van der Waals surface area contributed by atoms with Crippen LogP contribution in [-0.2, 0) is 9.59 Å². The molecule has 0 spiro atoms. The first kappa shape index (κ1) is 26.3. The zero-order valence-corrected chi connectivity index (χ0v) is 21.6. The van der Waals surface area contributed by atoms with Gasteiger partial charge in [0.05, 0.1) is 0 Å². The van der Waals surface area contributed by atoms with Crippen LogP contribution in [0, 0.1) is 5.92 Å². The van der Waals surface area contributed by atoms with Gasteiger partial charge in [0.15, 0.2) is 0 Å². The summed E-state index contributed by atoms with van der Waals surface area (Å²) in [5.74, 6) is -2.08. The molecule has 0 atom stereocenters. The van der Waals surface area contributed by atoms with Crippen LogP contribution in [0.25, 0.3) is 11.5 Å². The van der Waals surface area contributed by atoms with E-state index in [-0.39, 0.29) is 23.0 Å². The van der Waals surface area contributed by atoms with Gasteiger partial charge in [0, 0.05) is 38.9 Å². The second kappa shape index (κ2) is 10.8. The molecule has 6 rings (SSSR count). The van der Waals surface area contributed by atoms with Gasteiger partial charge in [0.25, 0.3) is 0 Å². The molecular formula is C32H25ClO6. The molecule has 7 heteroatoms.